The molecule has 3 heterocycles. The summed E-state index contributed by atoms with van der Waals surface area (Å²) in [7, 11) is 0. The molecule has 1 N–H and O–H groups in total. The van der Waals surface area contributed by atoms with Crippen LogP contribution in [0.15, 0.2) is 66.0 Å². The number of imidazole rings is 1. The summed E-state index contributed by atoms with van der Waals surface area (Å²) in [5, 5.41) is 3.02. The van der Waals surface area contributed by atoms with Crippen molar-refractivity contribution in [3.8, 4) is 0 Å². The van der Waals surface area contributed by atoms with Gasteiger partial charge in [-0.25, -0.2) is 4.98 Å². The van der Waals surface area contributed by atoms with Gasteiger partial charge >= 0.3 is 0 Å². The summed E-state index contributed by atoms with van der Waals surface area (Å²) in [6.45, 7) is 2.37. The molecular formula is C22H24N4O3. The van der Waals surface area contributed by atoms with Gasteiger partial charge in [-0.15, -0.1) is 0 Å². The number of hydrogen-bond donors (Lipinski definition) is 1. The number of aromatic nitrogens is 2. The van der Waals surface area contributed by atoms with Crippen LogP contribution in [-0.4, -0.2) is 39.4 Å². The van der Waals surface area contributed by atoms with Crippen molar-refractivity contribution in [2.45, 2.75) is 25.9 Å². The van der Waals surface area contributed by atoms with Gasteiger partial charge in [0.25, 0.3) is 5.91 Å². The first kappa shape index (κ1) is 19.0. The lowest BCUT2D eigenvalue weighted by molar-refractivity contribution is -0.126. The topological polar surface area (TPSA) is 80.4 Å². The number of nitrogens with one attached hydrogen (secondary N) is 1. The monoisotopic (exact) mass is 392 g/mol. The fourth-order valence-electron chi connectivity index (χ4n) is 3.63. The molecule has 0 aliphatic carbocycles. The predicted octanol–water partition coefficient (Wildman–Crippen LogP) is 2.69. The molecule has 7 nitrogen and oxygen atoms in total. The zero-order valence-corrected chi connectivity index (χ0v) is 16.2. The number of amides is 2. The molecule has 29 heavy (non-hydrogen) atoms. The summed E-state index contributed by atoms with van der Waals surface area (Å²) in [6.07, 6.45) is 10.0. The first-order chi connectivity index (χ1) is 14.2. The van der Waals surface area contributed by atoms with E-state index >= 15 is 0 Å². The lowest BCUT2D eigenvalue weighted by Gasteiger charge is -2.31. The van der Waals surface area contributed by atoms with Crippen LogP contribution in [-0.2, 0) is 17.9 Å². The Bertz CT molecular complexity index is 933. The fraction of sp³-hybridized carbons (Fsp3) is 0.318. The highest BCUT2D eigenvalue weighted by Crippen LogP contribution is 2.19. The number of furan rings is 1. The summed E-state index contributed by atoms with van der Waals surface area (Å²) >= 11 is 0. The summed E-state index contributed by atoms with van der Waals surface area (Å²) < 4.78 is 7.00. The van der Waals surface area contributed by atoms with Gasteiger partial charge in [-0.3, -0.25) is 9.59 Å². The van der Waals surface area contributed by atoms with Crippen molar-refractivity contribution in [2.75, 3.05) is 13.1 Å². The predicted molar refractivity (Wildman–Crippen MR) is 107 cm³/mol. The molecule has 150 valence electrons. The molecule has 1 aliphatic rings. The lowest BCUT2D eigenvalue weighted by Crippen LogP contribution is -2.45. The smallest absolute Gasteiger partial charge is 0.257 e. The van der Waals surface area contributed by atoms with Crippen molar-refractivity contribution in [3.63, 3.8) is 0 Å². The number of hydrogen-bond acceptors (Lipinski definition) is 4. The highest BCUT2D eigenvalue weighted by Gasteiger charge is 2.29. The molecule has 1 aromatic carbocycles. The van der Waals surface area contributed by atoms with Crippen molar-refractivity contribution >= 4 is 11.8 Å². The van der Waals surface area contributed by atoms with Crippen molar-refractivity contribution in [1.82, 2.24) is 19.8 Å². The molecule has 7 heteroatoms. The third-order valence-corrected chi connectivity index (χ3v) is 5.26. The minimum absolute atomic E-state index is 0.00261. The van der Waals surface area contributed by atoms with Crippen LogP contribution >= 0.6 is 0 Å². The number of benzene rings is 1. The minimum atomic E-state index is -0.180. The Hall–Kier alpha value is -3.35. The third-order valence-electron chi connectivity index (χ3n) is 5.26. The van der Waals surface area contributed by atoms with Gasteiger partial charge in [-0.2, -0.15) is 0 Å². The van der Waals surface area contributed by atoms with E-state index in [9.17, 15) is 9.59 Å². The van der Waals surface area contributed by atoms with E-state index < -0.39 is 0 Å². The van der Waals surface area contributed by atoms with E-state index in [1.165, 1.54) is 18.1 Å². The van der Waals surface area contributed by atoms with Crippen molar-refractivity contribution in [3.05, 3.63) is 78.3 Å². The average molecular weight is 392 g/mol. The van der Waals surface area contributed by atoms with Crippen LogP contribution in [0.5, 0.6) is 0 Å². The Labute approximate surface area is 169 Å². The second-order valence-corrected chi connectivity index (χ2v) is 7.37. The summed E-state index contributed by atoms with van der Waals surface area (Å²) in [5.41, 5.74) is 2.76. The normalized spacial score (nSPS) is 16.6. The average Bonchev–Trinajstić information content (AvgIpc) is 3.47. The fourth-order valence-corrected chi connectivity index (χ4v) is 3.63. The highest BCUT2D eigenvalue weighted by atomic mass is 16.3. The van der Waals surface area contributed by atoms with Crippen LogP contribution in [0, 0.1) is 5.92 Å². The van der Waals surface area contributed by atoms with Gasteiger partial charge in [0.15, 0.2) is 0 Å². The molecule has 1 atom stereocenters. The summed E-state index contributed by atoms with van der Waals surface area (Å²) in [6, 6.07) is 9.84. The van der Waals surface area contributed by atoms with E-state index in [2.05, 4.69) is 22.4 Å². The second kappa shape index (κ2) is 8.77. The first-order valence-electron chi connectivity index (χ1n) is 9.82. The lowest BCUT2D eigenvalue weighted by atomic mass is 9.96. The molecule has 4 rings (SSSR count). The summed E-state index contributed by atoms with van der Waals surface area (Å²) in [4.78, 5) is 30.9. The Balaban J connectivity index is 1.28. The molecule has 2 aromatic heterocycles. The molecule has 0 spiro atoms. The first-order valence-corrected chi connectivity index (χ1v) is 9.82. The Morgan fingerprint density at radius 3 is 2.72 bits per heavy atom. The van der Waals surface area contributed by atoms with E-state index in [4.69, 9.17) is 4.42 Å². The largest absolute Gasteiger partial charge is 0.472 e. The SMILES string of the molecule is O=C(NCc1ccc(Cn2ccnc2)cc1)[C@H]1CCCN(C(=O)c2ccoc2)C1. The van der Waals surface area contributed by atoms with E-state index in [1.807, 2.05) is 22.9 Å². The zero-order chi connectivity index (χ0) is 20.1. The second-order valence-electron chi connectivity index (χ2n) is 7.37. The number of carbonyl (C=O) groups is 2. The number of rotatable bonds is 6. The molecule has 2 amide bonds. The Kier molecular flexibility index (Phi) is 5.74. The molecule has 3 aromatic rings. The standard InChI is InChI=1S/C22H24N4O3/c27-21(19-2-1-9-26(14-19)22(28)20-7-11-29-15-20)24-12-17-3-5-18(6-4-17)13-25-10-8-23-16-25/h3-8,10-11,15-16,19H,1-2,9,12-14H2,(H,24,27)/t19-/m0/s1. The van der Waals surface area contributed by atoms with E-state index in [-0.39, 0.29) is 17.7 Å². The minimum Gasteiger partial charge on any atom is -0.472 e. The molecular weight excluding hydrogens is 368 g/mol. The number of nitrogens with zero attached hydrogens (tertiary/aromatic N) is 3. The third kappa shape index (κ3) is 4.74. The molecule has 1 fully saturated rings. The van der Waals surface area contributed by atoms with Gasteiger partial charge in [-0.05, 0) is 30.0 Å². The number of likely N-dealkylation sites (tertiary alicyclic amines) is 1. The molecule has 0 radical (unpaired) electrons. The van der Waals surface area contributed by atoms with Gasteiger partial charge in [0.2, 0.25) is 5.91 Å². The zero-order valence-electron chi connectivity index (χ0n) is 16.2. The maximum atomic E-state index is 12.6. The van der Waals surface area contributed by atoms with Crippen LogP contribution in [0.4, 0.5) is 0 Å². The molecule has 1 saturated heterocycles. The Morgan fingerprint density at radius 1 is 1.17 bits per heavy atom. The maximum absolute atomic E-state index is 12.6. The van der Waals surface area contributed by atoms with Gasteiger partial charge in [0.1, 0.15) is 6.26 Å². The number of piperidine rings is 1. The maximum Gasteiger partial charge on any atom is 0.257 e. The van der Waals surface area contributed by atoms with Gasteiger partial charge in [-0.1, -0.05) is 24.3 Å². The van der Waals surface area contributed by atoms with Crippen LogP contribution in [0.1, 0.15) is 34.3 Å². The van der Waals surface area contributed by atoms with Crippen LogP contribution in [0.25, 0.3) is 0 Å². The molecule has 0 bridgehead atoms. The van der Waals surface area contributed by atoms with Gasteiger partial charge in [0, 0.05) is 38.6 Å². The van der Waals surface area contributed by atoms with Crippen molar-refractivity contribution in [1.29, 1.82) is 0 Å². The molecule has 1 aliphatic heterocycles. The van der Waals surface area contributed by atoms with Crippen LogP contribution in [0.2, 0.25) is 0 Å². The number of carbonyl (C=O) groups excluding carboxylic acids is 2. The Morgan fingerprint density at radius 2 is 2.00 bits per heavy atom. The highest BCUT2D eigenvalue weighted by molar-refractivity contribution is 5.94. The van der Waals surface area contributed by atoms with Gasteiger partial charge in [0.05, 0.1) is 24.1 Å². The summed E-state index contributed by atoms with van der Waals surface area (Å²) in [5.74, 6) is -0.262. The van der Waals surface area contributed by atoms with Crippen LogP contribution < -0.4 is 5.32 Å². The van der Waals surface area contributed by atoms with E-state index in [1.54, 1.807) is 23.5 Å². The van der Waals surface area contributed by atoms with Crippen LogP contribution in [0.3, 0.4) is 0 Å². The van der Waals surface area contributed by atoms with E-state index in [0.717, 1.165) is 24.9 Å². The quantitative estimate of drug-likeness (QED) is 0.699. The van der Waals surface area contributed by atoms with Crippen molar-refractivity contribution in [2.24, 2.45) is 5.92 Å². The van der Waals surface area contributed by atoms with Gasteiger partial charge < -0.3 is 19.2 Å². The molecule has 0 saturated carbocycles. The molecule has 0 unspecified atom stereocenters. The van der Waals surface area contributed by atoms with E-state index in [0.29, 0.717) is 25.2 Å². The van der Waals surface area contributed by atoms with Crippen molar-refractivity contribution < 1.29 is 14.0 Å².